The molecule has 1 amide bonds. The Morgan fingerprint density at radius 3 is 2.65 bits per heavy atom. The Balaban J connectivity index is 1.68. The standard InChI is InChI=1S/C25H33NO5/c1-14-6-4-3-5-7-15(2)17-8-9-18-19(28)12-20(29)25-24(18)23(17)21(31-25)10-16(27)11-22(30)26-13-14/h3-9,14,17-21,23-25,28-29H,10-13H2,1-2H3,(H,26,30)/t14?,17-,18+,19+,20-,21-,23+,24-,25-/m0/s1. The van der Waals surface area contributed by atoms with Crippen LogP contribution in [0.1, 0.15) is 33.1 Å². The number of hydrogen-bond acceptors (Lipinski definition) is 5. The number of nitrogens with one attached hydrogen (secondary N) is 1. The lowest BCUT2D eigenvalue weighted by molar-refractivity contribution is -0.131. The number of hydrogen-bond donors (Lipinski definition) is 3. The molecule has 9 atom stereocenters. The van der Waals surface area contributed by atoms with Crippen LogP contribution in [0.25, 0.3) is 0 Å². The Labute approximate surface area is 183 Å². The maximum atomic E-state index is 12.7. The average Bonchev–Trinajstić information content (AvgIpc) is 3.09. The van der Waals surface area contributed by atoms with Gasteiger partial charge in [-0.1, -0.05) is 55.0 Å². The van der Waals surface area contributed by atoms with Crippen LogP contribution in [0.4, 0.5) is 0 Å². The molecule has 0 aromatic rings. The number of aliphatic hydroxyl groups is 2. The largest absolute Gasteiger partial charge is 0.392 e. The minimum atomic E-state index is -0.751. The summed E-state index contributed by atoms with van der Waals surface area (Å²) in [6.07, 6.45) is 12.4. The third-order valence-electron chi connectivity index (χ3n) is 7.25. The van der Waals surface area contributed by atoms with Gasteiger partial charge in [0.2, 0.25) is 5.91 Å². The van der Waals surface area contributed by atoms with Gasteiger partial charge in [0.1, 0.15) is 5.78 Å². The molecule has 4 rings (SSSR count). The molecule has 1 saturated carbocycles. The molecule has 2 aliphatic heterocycles. The van der Waals surface area contributed by atoms with Gasteiger partial charge in [-0.05, 0) is 12.8 Å². The maximum absolute atomic E-state index is 12.7. The van der Waals surface area contributed by atoms with Crippen LogP contribution >= 0.6 is 0 Å². The molecule has 0 bridgehead atoms. The Morgan fingerprint density at radius 2 is 1.84 bits per heavy atom. The molecular weight excluding hydrogens is 394 g/mol. The zero-order valence-corrected chi connectivity index (χ0v) is 18.2. The first-order valence-corrected chi connectivity index (χ1v) is 11.3. The second-order valence-corrected chi connectivity index (χ2v) is 9.53. The minimum Gasteiger partial charge on any atom is -0.392 e. The van der Waals surface area contributed by atoms with Crippen molar-refractivity contribution in [1.82, 2.24) is 5.32 Å². The SMILES string of the molecule is CC1=CC=CC=CC(C)CNC(=O)CC(=O)C[C@@H]2O[C@@H]3[C@H]4[C@H](C=C[C@@H]1[C@@H]42)[C@H](O)C[C@@H]3O. The molecule has 3 N–H and O–H groups in total. The van der Waals surface area contributed by atoms with E-state index in [-0.39, 0.29) is 66.6 Å². The quantitative estimate of drug-likeness (QED) is 0.406. The van der Waals surface area contributed by atoms with Gasteiger partial charge in [0.25, 0.3) is 0 Å². The Morgan fingerprint density at radius 1 is 1.03 bits per heavy atom. The fourth-order valence-corrected chi connectivity index (χ4v) is 5.73. The molecule has 0 aromatic heterocycles. The van der Waals surface area contributed by atoms with Crippen molar-refractivity contribution >= 4 is 11.7 Å². The van der Waals surface area contributed by atoms with Gasteiger partial charge in [-0.2, -0.15) is 0 Å². The predicted octanol–water partition coefficient (Wildman–Crippen LogP) is 2.09. The van der Waals surface area contributed by atoms with E-state index < -0.39 is 18.3 Å². The molecule has 4 aliphatic rings. The zero-order chi connectivity index (χ0) is 22.1. The molecule has 31 heavy (non-hydrogen) atoms. The minimum absolute atomic E-state index is 0.0234. The third kappa shape index (κ3) is 4.61. The lowest BCUT2D eigenvalue weighted by atomic mass is 9.60. The Kier molecular flexibility index (Phi) is 6.60. The number of Topliss-reactive ketones (excluding diaryl/α,β-unsaturated/α-hetero) is 1. The summed E-state index contributed by atoms with van der Waals surface area (Å²) in [4.78, 5) is 25.0. The topological polar surface area (TPSA) is 95.9 Å². The van der Waals surface area contributed by atoms with Crippen molar-refractivity contribution in [1.29, 1.82) is 0 Å². The van der Waals surface area contributed by atoms with Crippen molar-refractivity contribution in [3.63, 3.8) is 0 Å². The lowest BCUT2D eigenvalue weighted by Gasteiger charge is -2.44. The monoisotopic (exact) mass is 427 g/mol. The van der Waals surface area contributed by atoms with Crippen molar-refractivity contribution < 1.29 is 24.5 Å². The van der Waals surface area contributed by atoms with Gasteiger partial charge in [-0.15, -0.1) is 0 Å². The smallest absolute Gasteiger partial charge is 0.227 e. The summed E-state index contributed by atoms with van der Waals surface area (Å²) in [6, 6.07) is 0. The number of ether oxygens (including phenoxy) is 1. The van der Waals surface area contributed by atoms with Crippen LogP contribution in [0.5, 0.6) is 0 Å². The van der Waals surface area contributed by atoms with Gasteiger partial charge in [0.15, 0.2) is 0 Å². The van der Waals surface area contributed by atoms with Crippen LogP contribution in [0.3, 0.4) is 0 Å². The van der Waals surface area contributed by atoms with Crippen molar-refractivity contribution in [2.24, 2.45) is 29.6 Å². The normalized spacial score (nSPS) is 43.4. The van der Waals surface area contributed by atoms with E-state index in [4.69, 9.17) is 4.74 Å². The number of carbonyl (C=O) groups excluding carboxylic acids is 2. The number of carbonyl (C=O) groups is 2. The van der Waals surface area contributed by atoms with E-state index in [1.54, 1.807) is 0 Å². The third-order valence-corrected chi connectivity index (χ3v) is 7.25. The second kappa shape index (κ2) is 9.23. The van der Waals surface area contributed by atoms with E-state index >= 15 is 0 Å². The first-order chi connectivity index (χ1) is 14.8. The average molecular weight is 428 g/mol. The molecule has 0 aromatic carbocycles. The molecular formula is C25H33NO5. The van der Waals surface area contributed by atoms with Crippen LogP contribution in [-0.2, 0) is 14.3 Å². The van der Waals surface area contributed by atoms with Gasteiger partial charge in [-0.3, -0.25) is 9.59 Å². The first kappa shape index (κ1) is 22.2. The van der Waals surface area contributed by atoms with Gasteiger partial charge in [-0.25, -0.2) is 0 Å². The maximum Gasteiger partial charge on any atom is 0.227 e. The molecule has 6 heteroatoms. The zero-order valence-electron chi connectivity index (χ0n) is 18.2. The summed E-state index contributed by atoms with van der Waals surface area (Å²) in [7, 11) is 0. The molecule has 2 fully saturated rings. The van der Waals surface area contributed by atoms with Crippen LogP contribution < -0.4 is 5.32 Å². The summed E-state index contributed by atoms with van der Waals surface area (Å²) >= 11 is 0. The molecule has 6 nitrogen and oxygen atoms in total. The molecule has 1 saturated heterocycles. The van der Waals surface area contributed by atoms with Crippen molar-refractivity contribution in [3.05, 3.63) is 48.1 Å². The molecule has 0 spiro atoms. The molecule has 2 aliphatic carbocycles. The van der Waals surface area contributed by atoms with E-state index in [1.807, 2.05) is 31.2 Å². The van der Waals surface area contributed by atoms with Crippen molar-refractivity contribution in [3.8, 4) is 0 Å². The number of amides is 1. The molecule has 168 valence electrons. The highest BCUT2D eigenvalue weighted by atomic mass is 16.5. The van der Waals surface area contributed by atoms with Gasteiger partial charge in [0, 0.05) is 43.1 Å². The van der Waals surface area contributed by atoms with E-state index in [1.165, 1.54) is 0 Å². The summed E-state index contributed by atoms with van der Waals surface area (Å²) in [5.74, 6) is -0.367. The molecule has 0 radical (unpaired) electrons. The summed E-state index contributed by atoms with van der Waals surface area (Å²) in [5, 5.41) is 24.0. The molecule has 1 unspecified atom stereocenters. The van der Waals surface area contributed by atoms with E-state index in [0.717, 1.165) is 5.57 Å². The highest BCUT2D eigenvalue weighted by Gasteiger charge is 2.58. The fraction of sp³-hybridized carbons (Fsp3) is 0.600. The van der Waals surface area contributed by atoms with Crippen LogP contribution in [-0.4, -0.2) is 52.9 Å². The lowest BCUT2D eigenvalue weighted by Crippen LogP contribution is -2.50. The van der Waals surface area contributed by atoms with Crippen LogP contribution in [0.15, 0.2) is 48.1 Å². The highest BCUT2D eigenvalue weighted by Crippen LogP contribution is 2.53. The van der Waals surface area contributed by atoms with Crippen LogP contribution in [0.2, 0.25) is 0 Å². The highest BCUT2D eigenvalue weighted by molar-refractivity contribution is 5.98. The van der Waals surface area contributed by atoms with Gasteiger partial charge >= 0.3 is 0 Å². The summed E-state index contributed by atoms with van der Waals surface area (Å²) in [6.45, 7) is 4.57. The Bertz CT molecular complexity index is 828. The summed E-state index contributed by atoms with van der Waals surface area (Å²) < 4.78 is 6.28. The van der Waals surface area contributed by atoms with E-state index in [9.17, 15) is 19.8 Å². The second-order valence-electron chi connectivity index (χ2n) is 9.53. The first-order valence-electron chi connectivity index (χ1n) is 11.3. The van der Waals surface area contributed by atoms with Crippen molar-refractivity contribution in [2.45, 2.75) is 57.5 Å². The Hall–Kier alpha value is -2.02. The fourth-order valence-electron chi connectivity index (χ4n) is 5.73. The van der Waals surface area contributed by atoms with Crippen LogP contribution in [0, 0.1) is 29.6 Å². The van der Waals surface area contributed by atoms with Crippen molar-refractivity contribution in [2.75, 3.05) is 6.54 Å². The van der Waals surface area contributed by atoms with E-state index in [0.29, 0.717) is 6.54 Å². The van der Waals surface area contributed by atoms with Gasteiger partial charge in [0.05, 0.1) is 30.8 Å². The molecule has 2 heterocycles. The number of allylic oxidation sites excluding steroid dienone is 6. The van der Waals surface area contributed by atoms with Gasteiger partial charge < -0.3 is 20.3 Å². The van der Waals surface area contributed by atoms with E-state index in [2.05, 4.69) is 30.5 Å². The predicted molar refractivity (Wildman–Crippen MR) is 117 cm³/mol. The number of rotatable bonds is 0. The number of aliphatic hydroxyl groups excluding tert-OH is 2. The summed E-state index contributed by atoms with van der Waals surface area (Å²) in [5.41, 5.74) is 1.15. The number of ketones is 1.